The van der Waals surface area contributed by atoms with Gasteiger partial charge in [0.15, 0.2) is 5.69 Å². The van der Waals surface area contributed by atoms with E-state index in [2.05, 4.69) is 40.7 Å². The summed E-state index contributed by atoms with van der Waals surface area (Å²) in [5.41, 5.74) is 14.1. The van der Waals surface area contributed by atoms with Crippen LogP contribution in [0, 0.1) is 6.92 Å². The Hall–Kier alpha value is -6.40. The number of amides is 4. The second-order valence-electron chi connectivity index (χ2n) is 10.0. The standard InChI is InChI=1S/C18H16N4O3S.C13H11N7O2S/c1-10-3-5-12(16(19)23)13(7-10)21-17(24)14-9-26-18(22-14)11-4-6-15(25-2)20-8-11;1-20-5-8(10(19-20)11(14)21)17-12(22)9-6-23-13(18-9)7-4-15-2-3-16-7/h3-9H,1-2H3,(H2,19,23)(H,21,24);2-6H,1H3,(H2,14,21)(H,17,22). The minimum absolute atomic E-state index is 0.00905. The van der Waals surface area contributed by atoms with Gasteiger partial charge >= 0.3 is 0 Å². The van der Waals surface area contributed by atoms with Gasteiger partial charge in [0.05, 0.1) is 30.2 Å². The van der Waals surface area contributed by atoms with Gasteiger partial charge in [-0.2, -0.15) is 5.10 Å². The van der Waals surface area contributed by atoms with Gasteiger partial charge in [-0.05, 0) is 30.7 Å². The first kappa shape index (κ1) is 33.9. The van der Waals surface area contributed by atoms with Gasteiger partial charge in [-0.3, -0.25) is 33.8 Å². The Labute approximate surface area is 286 Å². The zero-order valence-electron chi connectivity index (χ0n) is 26.1. The molecule has 5 aromatic heterocycles. The molecule has 0 unspecified atom stereocenters. The molecule has 0 aliphatic carbocycles. The van der Waals surface area contributed by atoms with Gasteiger partial charge in [0.25, 0.3) is 23.6 Å². The number of pyridine rings is 1. The number of carbonyl (C=O) groups is 4. The molecule has 4 amide bonds. The van der Waals surface area contributed by atoms with Crippen LogP contribution in [0.15, 0.2) is 72.1 Å². The summed E-state index contributed by atoms with van der Waals surface area (Å²) in [5, 5.41) is 13.7. The predicted molar refractivity (Wildman–Crippen MR) is 182 cm³/mol. The van der Waals surface area contributed by atoms with Crippen LogP contribution >= 0.6 is 22.7 Å². The maximum Gasteiger partial charge on any atom is 0.275 e. The van der Waals surface area contributed by atoms with Crippen molar-refractivity contribution < 1.29 is 23.9 Å². The Bertz CT molecular complexity index is 2140. The quantitative estimate of drug-likeness (QED) is 0.170. The second-order valence-corrected chi connectivity index (χ2v) is 11.7. The maximum absolute atomic E-state index is 12.5. The Morgan fingerprint density at radius 1 is 0.837 bits per heavy atom. The number of nitrogens with one attached hydrogen (secondary N) is 2. The van der Waals surface area contributed by atoms with E-state index in [4.69, 9.17) is 16.2 Å². The van der Waals surface area contributed by atoms with Gasteiger partial charge in [0.2, 0.25) is 5.88 Å². The number of methoxy groups -OCH3 is 1. The third-order valence-corrected chi connectivity index (χ3v) is 8.20. The van der Waals surface area contributed by atoms with E-state index in [9.17, 15) is 19.2 Å². The van der Waals surface area contributed by atoms with Crippen molar-refractivity contribution in [1.29, 1.82) is 0 Å². The maximum atomic E-state index is 12.5. The number of carbonyl (C=O) groups excluding carboxylic acids is 4. The molecule has 0 bridgehead atoms. The summed E-state index contributed by atoms with van der Waals surface area (Å²) in [4.78, 5) is 68.4. The molecule has 248 valence electrons. The van der Waals surface area contributed by atoms with Crippen LogP contribution in [-0.4, -0.2) is 65.4 Å². The minimum Gasteiger partial charge on any atom is -0.481 e. The molecule has 0 saturated heterocycles. The van der Waals surface area contributed by atoms with Crippen molar-refractivity contribution in [3.8, 4) is 27.2 Å². The first-order valence-electron chi connectivity index (χ1n) is 14.1. The third-order valence-electron chi connectivity index (χ3n) is 6.45. The van der Waals surface area contributed by atoms with E-state index in [0.29, 0.717) is 27.3 Å². The number of anilines is 2. The molecule has 6 N–H and O–H groups in total. The van der Waals surface area contributed by atoms with E-state index in [1.54, 1.807) is 74.0 Å². The number of thiazole rings is 2. The molecular formula is C31H27N11O5S2. The molecule has 0 saturated carbocycles. The zero-order valence-corrected chi connectivity index (χ0v) is 27.7. The van der Waals surface area contributed by atoms with Gasteiger partial charge in [-0.25, -0.2) is 15.0 Å². The molecule has 18 heteroatoms. The van der Waals surface area contributed by atoms with Crippen molar-refractivity contribution in [3.63, 3.8) is 0 Å². The summed E-state index contributed by atoms with van der Waals surface area (Å²) in [6, 6.07) is 8.58. The molecule has 0 aliphatic heterocycles. The summed E-state index contributed by atoms with van der Waals surface area (Å²) in [5.74, 6) is -1.71. The number of benzene rings is 1. The van der Waals surface area contributed by atoms with Crippen LogP contribution in [0.3, 0.4) is 0 Å². The fraction of sp³-hybridized carbons (Fsp3) is 0.0968. The fourth-order valence-corrected chi connectivity index (χ4v) is 5.71. The van der Waals surface area contributed by atoms with Gasteiger partial charge in [-0.1, -0.05) is 6.07 Å². The molecule has 16 nitrogen and oxygen atoms in total. The number of primary amides is 2. The highest BCUT2D eigenvalue weighted by molar-refractivity contribution is 7.13. The normalized spacial score (nSPS) is 10.4. The third kappa shape index (κ3) is 8.31. The molecule has 1 aromatic carbocycles. The van der Waals surface area contributed by atoms with E-state index >= 15 is 0 Å². The first-order valence-corrected chi connectivity index (χ1v) is 15.8. The number of rotatable bonds is 9. The lowest BCUT2D eigenvalue weighted by Crippen LogP contribution is -2.18. The van der Waals surface area contributed by atoms with Crippen LogP contribution in [0.25, 0.3) is 21.3 Å². The van der Waals surface area contributed by atoms with Crippen molar-refractivity contribution >= 4 is 57.7 Å². The Kier molecular flexibility index (Phi) is 10.4. The Morgan fingerprint density at radius 2 is 1.53 bits per heavy atom. The van der Waals surface area contributed by atoms with Gasteiger partial charge in [-0.15, -0.1) is 22.7 Å². The van der Waals surface area contributed by atoms with E-state index in [1.807, 2.05) is 13.0 Å². The first-order chi connectivity index (χ1) is 23.5. The summed E-state index contributed by atoms with van der Waals surface area (Å²) in [6.07, 6.45) is 7.79. The SMILES string of the molecule is COc1ccc(-c2nc(C(=O)Nc3cc(C)ccc3C(N)=O)cs2)cn1.Cn1cc(NC(=O)c2csc(-c3cnccn3)n2)c(C(N)=O)n1. The van der Waals surface area contributed by atoms with Crippen molar-refractivity contribution in [1.82, 2.24) is 34.7 Å². The Morgan fingerprint density at radius 3 is 2.14 bits per heavy atom. The monoisotopic (exact) mass is 697 g/mol. The molecule has 0 fully saturated rings. The average molecular weight is 698 g/mol. The summed E-state index contributed by atoms with van der Waals surface area (Å²) < 4.78 is 6.42. The number of hydrogen-bond acceptors (Lipinski definition) is 13. The average Bonchev–Trinajstić information content (AvgIpc) is 3.86. The van der Waals surface area contributed by atoms with Crippen molar-refractivity contribution in [3.05, 3.63) is 100 Å². The minimum atomic E-state index is -0.723. The molecule has 6 rings (SSSR count). The predicted octanol–water partition coefficient (Wildman–Crippen LogP) is 3.56. The van der Waals surface area contributed by atoms with Crippen LogP contribution in [0.2, 0.25) is 0 Å². The fourth-order valence-electron chi connectivity index (χ4n) is 4.15. The number of hydrogen-bond donors (Lipinski definition) is 4. The topological polar surface area (TPSA) is 236 Å². The summed E-state index contributed by atoms with van der Waals surface area (Å²) >= 11 is 2.59. The van der Waals surface area contributed by atoms with Crippen molar-refractivity contribution in [2.24, 2.45) is 18.5 Å². The van der Waals surface area contributed by atoms with Crippen LogP contribution < -0.4 is 26.8 Å². The van der Waals surface area contributed by atoms with Crippen molar-refractivity contribution in [2.45, 2.75) is 6.92 Å². The highest BCUT2D eigenvalue weighted by Crippen LogP contribution is 2.26. The molecule has 0 spiro atoms. The number of ether oxygens (including phenoxy) is 1. The largest absolute Gasteiger partial charge is 0.481 e. The summed E-state index contributed by atoms with van der Waals surface area (Å²) in [6.45, 7) is 1.86. The van der Waals surface area contributed by atoms with Gasteiger partial charge in [0.1, 0.15) is 27.1 Å². The lowest BCUT2D eigenvalue weighted by Gasteiger charge is -2.09. The zero-order chi connectivity index (χ0) is 35.1. The van der Waals surface area contributed by atoms with Crippen LogP contribution in [0.5, 0.6) is 5.88 Å². The van der Waals surface area contributed by atoms with E-state index in [-0.39, 0.29) is 28.3 Å². The van der Waals surface area contributed by atoms with E-state index in [1.165, 1.54) is 33.6 Å². The molecule has 5 heterocycles. The second kappa shape index (κ2) is 15.0. The highest BCUT2D eigenvalue weighted by atomic mass is 32.1. The molecule has 0 aliphatic rings. The van der Waals surface area contributed by atoms with E-state index < -0.39 is 23.6 Å². The molecule has 49 heavy (non-hydrogen) atoms. The number of aromatic nitrogens is 7. The molecule has 6 aromatic rings. The number of nitrogens with two attached hydrogens (primary N) is 2. The van der Waals surface area contributed by atoms with Gasteiger partial charge < -0.3 is 26.8 Å². The van der Waals surface area contributed by atoms with Crippen LogP contribution in [0.4, 0.5) is 11.4 Å². The molecular weight excluding hydrogens is 671 g/mol. The highest BCUT2D eigenvalue weighted by Gasteiger charge is 2.19. The van der Waals surface area contributed by atoms with Gasteiger partial charge in [0, 0.05) is 54.2 Å². The lowest BCUT2D eigenvalue weighted by atomic mass is 10.1. The molecule has 0 radical (unpaired) electrons. The summed E-state index contributed by atoms with van der Waals surface area (Å²) in [7, 11) is 3.16. The van der Waals surface area contributed by atoms with Crippen molar-refractivity contribution in [2.75, 3.05) is 17.7 Å². The smallest absolute Gasteiger partial charge is 0.275 e. The lowest BCUT2D eigenvalue weighted by molar-refractivity contribution is 0.0987. The number of nitrogens with zero attached hydrogens (tertiary/aromatic N) is 7. The molecule has 0 atom stereocenters. The number of aryl methyl sites for hydroxylation is 2. The Balaban J connectivity index is 0.000000192. The van der Waals surface area contributed by atoms with Crippen LogP contribution in [-0.2, 0) is 7.05 Å². The van der Waals surface area contributed by atoms with Crippen LogP contribution in [0.1, 0.15) is 47.4 Å². The van der Waals surface area contributed by atoms with E-state index in [0.717, 1.165) is 11.1 Å².